The van der Waals surface area contributed by atoms with Gasteiger partial charge in [0.25, 0.3) is 0 Å². The van der Waals surface area contributed by atoms with Gasteiger partial charge in [-0.05, 0) is 54.2 Å². The molecule has 1 saturated carbocycles. The summed E-state index contributed by atoms with van der Waals surface area (Å²) in [4.78, 5) is 0. The van der Waals surface area contributed by atoms with Gasteiger partial charge in [0.1, 0.15) is 12.4 Å². The monoisotopic (exact) mass is 353 g/mol. The lowest BCUT2D eigenvalue weighted by Gasteiger charge is -2.14. The molecule has 1 aliphatic carbocycles. The lowest BCUT2D eigenvalue weighted by molar-refractivity contribution is 0.235. The summed E-state index contributed by atoms with van der Waals surface area (Å²) in [5.74, 6) is 1.73. The van der Waals surface area contributed by atoms with Gasteiger partial charge in [-0.1, -0.05) is 24.3 Å². The van der Waals surface area contributed by atoms with E-state index in [1.54, 1.807) is 20.5 Å². The van der Waals surface area contributed by atoms with E-state index in [1.807, 2.05) is 24.3 Å². The zero-order chi connectivity index (χ0) is 18.2. The molecule has 0 heterocycles. The zero-order valence-corrected chi connectivity index (χ0v) is 15.5. The molecule has 0 radical (unpaired) electrons. The molecule has 1 N–H and O–H groups in total. The molecule has 0 unspecified atom stereocenters. The number of hydrogen-bond acceptors (Lipinski definition) is 4. The molecule has 0 bridgehead atoms. The van der Waals surface area contributed by atoms with Gasteiger partial charge in [0, 0.05) is 24.9 Å². The minimum Gasteiger partial charge on any atom is -0.504 e. The summed E-state index contributed by atoms with van der Waals surface area (Å²) in [5, 5.41) is 3.47. The summed E-state index contributed by atoms with van der Waals surface area (Å²) in [6, 6.07) is 16.3. The van der Waals surface area contributed by atoms with Crippen LogP contribution >= 0.6 is 0 Å². The van der Waals surface area contributed by atoms with E-state index >= 15 is 0 Å². The maximum atomic E-state index is 6.00. The maximum Gasteiger partial charge on any atom is 0.119 e. The van der Waals surface area contributed by atoms with E-state index in [2.05, 4.69) is 29.6 Å². The molecule has 0 saturated heterocycles. The Morgan fingerprint density at radius 2 is 1.85 bits per heavy atom. The fraction of sp³-hybridized carbons (Fsp3) is 0.364. The van der Waals surface area contributed by atoms with Crippen LogP contribution in [0.25, 0.3) is 5.57 Å². The van der Waals surface area contributed by atoms with Gasteiger partial charge in [-0.3, -0.25) is 0 Å². The highest BCUT2D eigenvalue weighted by atomic mass is 16.5. The van der Waals surface area contributed by atoms with E-state index in [0.29, 0.717) is 13.2 Å². The van der Waals surface area contributed by atoms with E-state index in [9.17, 15) is 0 Å². The largest absolute Gasteiger partial charge is 0.504 e. The van der Waals surface area contributed by atoms with Gasteiger partial charge in [-0.25, -0.2) is 0 Å². The van der Waals surface area contributed by atoms with E-state index in [0.717, 1.165) is 40.6 Å². The molecule has 0 atom stereocenters. The highest BCUT2D eigenvalue weighted by molar-refractivity contribution is 5.68. The highest BCUT2D eigenvalue weighted by Gasteiger charge is 2.20. The lowest BCUT2D eigenvalue weighted by Crippen LogP contribution is -2.04. The average molecular weight is 353 g/mol. The van der Waals surface area contributed by atoms with Crippen LogP contribution in [0.4, 0.5) is 5.69 Å². The van der Waals surface area contributed by atoms with E-state index in [1.165, 1.54) is 12.8 Å². The first-order valence-electron chi connectivity index (χ1n) is 9.06. The summed E-state index contributed by atoms with van der Waals surface area (Å²) < 4.78 is 16.5. The molecule has 138 valence electrons. The van der Waals surface area contributed by atoms with Crippen LogP contribution in [0.5, 0.6) is 5.75 Å². The number of nitrogens with one attached hydrogen (secondary N) is 1. The zero-order valence-electron chi connectivity index (χ0n) is 15.5. The van der Waals surface area contributed by atoms with Gasteiger partial charge >= 0.3 is 0 Å². The Labute approximate surface area is 155 Å². The second kappa shape index (κ2) is 9.30. The van der Waals surface area contributed by atoms with Crippen LogP contribution in [-0.2, 0) is 16.1 Å². The van der Waals surface area contributed by atoms with Crippen LogP contribution in [0.1, 0.15) is 24.0 Å². The summed E-state index contributed by atoms with van der Waals surface area (Å²) in [5.41, 5.74) is 4.33. The second-order valence-electron chi connectivity index (χ2n) is 6.61. The molecule has 1 aliphatic rings. The topological polar surface area (TPSA) is 39.7 Å². The SMILES string of the molecule is CO/C=C(/COC)c1ccccc1COc1ccc(NCC2CC2)cc1. The number of methoxy groups -OCH3 is 2. The molecule has 2 aromatic carbocycles. The highest BCUT2D eigenvalue weighted by Crippen LogP contribution is 2.29. The average Bonchev–Trinajstić information content (AvgIpc) is 3.50. The van der Waals surface area contributed by atoms with Gasteiger partial charge in [-0.15, -0.1) is 0 Å². The first kappa shape index (κ1) is 18.3. The van der Waals surface area contributed by atoms with Crippen molar-refractivity contribution in [2.24, 2.45) is 5.92 Å². The van der Waals surface area contributed by atoms with Crippen LogP contribution in [-0.4, -0.2) is 27.4 Å². The van der Waals surface area contributed by atoms with Crippen molar-refractivity contribution in [3.63, 3.8) is 0 Å². The van der Waals surface area contributed by atoms with Gasteiger partial charge < -0.3 is 19.5 Å². The third kappa shape index (κ3) is 5.27. The third-order valence-electron chi connectivity index (χ3n) is 4.46. The van der Waals surface area contributed by atoms with Crippen molar-refractivity contribution in [3.05, 3.63) is 65.9 Å². The van der Waals surface area contributed by atoms with Crippen molar-refractivity contribution in [2.75, 3.05) is 32.7 Å². The van der Waals surface area contributed by atoms with Crippen molar-refractivity contribution in [3.8, 4) is 5.75 Å². The number of hydrogen-bond donors (Lipinski definition) is 1. The minimum atomic E-state index is 0.492. The molecular weight excluding hydrogens is 326 g/mol. The lowest BCUT2D eigenvalue weighted by atomic mass is 10.0. The summed E-state index contributed by atoms with van der Waals surface area (Å²) in [7, 11) is 3.33. The third-order valence-corrected chi connectivity index (χ3v) is 4.46. The molecule has 0 aliphatic heterocycles. The molecule has 4 heteroatoms. The van der Waals surface area contributed by atoms with Gasteiger partial charge in [0.15, 0.2) is 0 Å². The van der Waals surface area contributed by atoms with E-state index in [-0.39, 0.29) is 0 Å². The Morgan fingerprint density at radius 3 is 2.54 bits per heavy atom. The quantitative estimate of drug-likeness (QED) is 0.627. The van der Waals surface area contributed by atoms with E-state index in [4.69, 9.17) is 14.2 Å². The van der Waals surface area contributed by atoms with Crippen LogP contribution in [0.3, 0.4) is 0 Å². The summed E-state index contributed by atoms with van der Waals surface area (Å²) in [6.07, 6.45) is 4.44. The van der Waals surface area contributed by atoms with E-state index < -0.39 is 0 Å². The van der Waals surface area contributed by atoms with Crippen molar-refractivity contribution >= 4 is 11.3 Å². The minimum absolute atomic E-state index is 0.492. The van der Waals surface area contributed by atoms with Gasteiger partial charge in [0.05, 0.1) is 20.0 Å². The molecule has 26 heavy (non-hydrogen) atoms. The first-order valence-corrected chi connectivity index (χ1v) is 9.06. The molecule has 0 aromatic heterocycles. The fourth-order valence-electron chi connectivity index (χ4n) is 2.85. The number of ether oxygens (including phenoxy) is 3. The molecule has 0 amide bonds. The van der Waals surface area contributed by atoms with Crippen molar-refractivity contribution in [1.29, 1.82) is 0 Å². The number of benzene rings is 2. The van der Waals surface area contributed by atoms with Crippen LogP contribution in [0, 0.1) is 5.92 Å². The molecule has 4 nitrogen and oxygen atoms in total. The maximum absolute atomic E-state index is 6.00. The smallest absolute Gasteiger partial charge is 0.119 e. The summed E-state index contributed by atoms with van der Waals surface area (Å²) in [6.45, 7) is 2.06. The number of rotatable bonds is 10. The number of anilines is 1. The normalized spacial score (nSPS) is 14.2. The van der Waals surface area contributed by atoms with Crippen LogP contribution < -0.4 is 10.1 Å². The fourth-order valence-corrected chi connectivity index (χ4v) is 2.85. The first-order chi connectivity index (χ1) is 12.8. The van der Waals surface area contributed by atoms with Crippen molar-refractivity contribution < 1.29 is 14.2 Å². The molecule has 0 spiro atoms. The Balaban J connectivity index is 1.62. The Hall–Kier alpha value is -2.46. The second-order valence-corrected chi connectivity index (χ2v) is 6.61. The van der Waals surface area contributed by atoms with Gasteiger partial charge in [-0.2, -0.15) is 0 Å². The Bertz CT molecular complexity index is 720. The summed E-state index contributed by atoms with van der Waals surface area (Å²) >= 11 is 0. The van der Waals surface area contributed by atoms with Crippen LogP contribution in [0.15, 0.2) is 54.8 Å². The van der Waals surface area contributed by atoms with Crippen LogP contribution in [0.2, 0.25) is 0 Å². The molecule has 1 fully saturated rings. The van der Waals surface area contributed by atoms with Crippen molar-refractivity contribution in [1.82, 2.24) is 0 Å². The molecular formula is C22H27NO3. The van der Waals surface area contributed by atoms with Crippen molar-refractivity contribution in [2.45, 2.75) is 19.4 Å². The standard InChI is InChI=1S/C22H27NO3/c1-24-14-19(15-25-2)22-6-4-3-5-18(22)16-26-21-11-9-20(10-12-21)23-13-17-7-8-17/h3-6,9-12,14,17,23H,7-8,13,15-16H2,1-2H3/b19-14-. The molecule has 2 aromatic rings. The predicted octanol–water partition coefficient (Wildman–Crippen LogP) is 4.72. The Kier molecular flexibility index (Phi) is 6.56. The molecule has 3 rings (SSSR count). The van der Waals surface area contributed by atoms with Gasteiger partial charge in [0.2, 0.25) is 0 Å². The Morgan fingerprint density at radius 1 is 1.08 bits per heavy atom. The predicted molar refractivity (Wildman–Crippen MR) is 105 cm³/mol.